The van der Waals surface area contributed by atoms with E-state index < -0.39 is 11.9 Å². The van der Waals surface area contributed by atoms with Gasteiger partial charge < -0.3 is 4.74 Å². The Morgan fingerprint density at radius 2 is 1.54 bits per heavy atom. The minimum absolute atomic E-state index is 0.0354. The second-order valence-corrected chi connectivity index (χ2v) is 7.97. The molecule has 0 aliphatic heterocycles. The summed E-state index contributed by atoms with van der Waals surface area (Å²) < 4.78 is 4.62. The van der Waals surface area contributed by atoms with Crippen LogP contribution < -0.4 is 5.43 Å². The molecule has 0 aliphatic carbocycles. The van der Waals surface area contributed by atoms with Crippen LogP contribution in [0.4, 0.5) is 0 Å². The van der Waals surface area contributed by atoms with Crippen LogP contribution in [-0.2, 0) is 9.53 Å². The Labute approximate surface area is 190 Å². The fraction of sp³-hybridized carbons (Fsp3) is 0.118. The standard InChI is InChI=1S/C17H11Cl5N2O3S/c1-27-17(26)9-4-2-8(3-5-9)6-23-24-10(25)7-28-16-14(21)12(19)11(18)13(20)15(16)22/h2-6H,7H2,1H3,(H,24,25). The maximum atomic E-state index is 12.0. The van der Waals surface area contributed by atoms with Gasteiger partial charge in [0.15, 0.2) is 0 Å². The van der Waals surface area contributed by atoms with Crippen molar-refractivity contribution >= 4 is 87.9 Å². The molecule has 1 N–H and O–H groups in total. The quantitative estimate of drug-likeness (QED) is 0.132. The molecule has 0 saturated heterocycles. The van der Waals surface area contributed by atoms with Crippen LogP contribution in [0.15, 0.2) is 34.3 Å². The molecule has 0 saturated carbocycles. The van der Waals surface area contributed by atoms with E-state index in [1.165, 1.54) is 13.3 Å². The number of halogens is 5. The van der Waals surface area contributed by atoms with Crippen LogP contribution in [0.2, 0.25) is 25.1 Å². The normalized spacial score (nSPS) is 10.9. The third-order valence-corrected chi connectivity index (χ3v) is 6.86. The molecule has 2 aromatic rings. The van der Waals surface area contributed by atoms with Crippen molar-refractivity contribution in [2.24, 2.45) is 5.10 Å². The van der Waals surface area contributed by atoms with Gasteiger partial charge in [0.25, 0.3) is 0 Å². The number of carbonyl (C=O) groups is 2. The molecule has 0 spiro atoms. The lowest BCUT2D eigenvalue weighted by Gasteiger charge is -2.11. The minimum Gasteiger partial charge on any atom is -0.465 e. The molecule has 28 heavy (non-hydrogen) atoms. The van der Waals surface area contributed by atoms with Gasteiger partial charge in [-0.15, -0.1) is 11.8 Å². The number of rotatable bonds is 6. The van der Waals surface area contributed by atoms with E-state index in [0.717, 1.165) is 11.8 Å². The molecule has 0 heterocycles. The molecule has 2 aromatic carbocycles. The van der Waals surface area contributed by atoms with Crippen molar-refractivity contribution in [3.63, 3.8) is 0 Å². The van der Waals surface area contributed by atoms with E-state index in [-0.39, 0.29) is 30.9 Å². The molecule has 0 aliphatic rings. The van der Waals surface area contributed by atoms with Gasteiger partial charge in [0.1, 0.15) is 0 Å². The summed E-state index contributed by atoms with van der Waals surface area (Å²) >= 11 is 31.2. The SMILES string of the molecule is COC(=O)c1ccc(C=NNC(=O)CSc2c(Cl)c(Cl)c(Cl)c(Cl)c2Cl)cc1. The number of hydrazone groups is 1. The highest BCUT2D eigenvalue weighted by Crippen LogP contribution is 2.47. The maximum absolute atomic E-state index is 12.0. The monoisotopic (exact) mass is 498 g/mol. The lowest BCUT2D eigenvalue weighted by atomic mass is 10.1. The van der Waals surface area contributed by atoms with Crippen molar-refractivity contribution in [2.75, 3.05) is 12.9 Å². The molecular formula is C17H11Cl5N2O3S. The number of carbonyl (C=O) groups excluding carboxylic acids is 2. The lowest BCUT2D eigenvalue weighted by Crippen LogP contribution is -2.19. The molecule has 2 rings (SSSR count). The third kappa shape index (κ3) is 5.69. The molecule has 0 bridgehead atoms. The number of benzene rings is 2. The van der Waals surface area contributed by atoms with Gasteiger partial charge >= 0.3 is 5.97 Å². The van der Waals surface area contributed by atoms with Crippen LogP contribution >= 0.6 is 69.8 Å². The largest absolute Gasteiger partial charge is 0.465 e. The number of nitrogens with zero attached hydrogens (tertiary/aromatic N) is 1. The maximum Gasteiger partial charge on any atom is 0.337 e. The number of hydrogen-bond acceptors (Lipinski definition) is 5. The van der Waals surface area contributed by atoms with Crippen LogP contribution in [0.3, 0.4) is 0 Å². The number of methoxy groups -OCH3 is 1. The van der Waals surface area contributed by atoms with Gasteiger partial charge in [0.2, 0.25) is 5.91 Å². The van der Waals surface area contributed by atoms with Crippen molar-refractivity contribution in [1.29, 1.82) is 0 Å². The number of hydrogen-bond donors (Lipinski definition) is 1. The molecule has 1 amide bonds. The smallest absolute Gasteiger partial charge is 0.337 e. The van der Waals surface area contributed by atoms with E-state index in [0.29, 0.717) is 16.0 Å². The Kier molecular flexibility index (Phi) is 8.74. The number of nitrogens with one attached hydrogen (secondary N) is 1. The highest BCUT2D eigenvalue weighted by molar-refractivity contribution is 8.00. The summed E-state index contributed by atoms with van der Waals surface area (Å²) in [5.74, 6) is -0.873. The summed E-state index contributed by atoms with van der Waals surface area (Å²) in [6.45, 7) is 0. The topological polar surface area (TPSA) is 67.8 Å². The summed E-state index contributed by atoms with van der Waals surface area (Å²) in [5, 5.41) is 4.27. The molecule has 0 aromatic heterocycles. The van der Waals surface area contributed by atoms with Crippen molar-refractivity contribution in [1.82, 2.24) is 5.43 Å². The number of thioether (sulfide) groups is 1. The van der Waals surface area contributed by atoms with Gasteiger partial charge in [-0.3, -0.25) is 4.79 Å². The van der Waals surface area contributed by atoms with Crippen molar-refractivity contribution in [2.45, 2.75) is 4.90 Å². The first kappa shape index (κ1) is 23.1. The second kappa shape index (κ2) is 10.6. The van der Waals surface area contributed by atoms with Gasteiger partial charge in [-0.25, -0.2) is 10.2 Å². The van der Waals surface area contributed by atoms with Gasteiger partial charge in [0, 0.05) is 4.90 Å². The fourth-order valence-corrected chi connectivity index (χ4v) is 4.26. The Bertz CT molecular complexity index is 906. The van der Waals surface area contributed by atoms with Gasteiger partial charge in [-0.05, 0) is 17.7 Å². The Morgan fingerprint density at radius 3 is 2.07 bits per heavy atom. The van der Waals surface area contributed by atoms with E-state index in [2.05, 4.69) is 15.3 Å². The van der Waals surface area contributed by atoms with E-state index in [4.69, 9.17) is 58.0 Å². The van der Waals surface area contributed by atoms with Crippen molar-refractivity contribution < 1.29 is 14.3 Å². The summed E-state index contributed by atoms with van der Waals surface area (Å²) in [4.78, 5) is 23.7. The molecule has 5 nitrogen and oxygen atoms in total. The number of esters is 1. The van der Waals surface area contributed by atoms with Crippen molar-refractivity contribution in [3.05, 3.63) is 60.5 Å². The van der Waals surface area contributed by atoms with Crippen LogP contribution in [0.25, 0.3) is 0 Å². The number of amides is 1. The zero-order valence-electron chi connectivity index (χ0n) is 14.1. The molecule has 0 atom stereocenters. The lowest BCUT2D eigenvalue weighted by molar-refractivity contribution is -0.118. The predicted molar refractivity (Wildman–Crippen MR) is 116 cm³/mol. The fourth-order valence-electron chi connectivity index (χ4n) is 1.88. The van der Waals surface area contributed by atoms with Gasteiger partial charge in [-0.1, -0.05) is 70.1 Å². The molecule has 0 radical (unpaired) electrons. The summed E-state index contributed by atoms with van der Waals surface area (Å²) in [5.41, 5.74) is 3.46. The van der Waals surface area contributed by atoms with Crippen LogP contribution in [0.1, 0.15) is 15.9 Å². The molecular weight excluding hydrogens is 490 g/mol. The average Bonchev–Trinajstić information content (AvgIpc) is 2.70. The van der Waals surface area contributed by atoms with E-state index in [1.54, 1.807) is 24.3 Å². The molecule has 0 fully saturated rings. The molecule has 148 valence electrons. The minimum atomic E-state index is -0.437. The molecule has 0 unspecified atom stereocenters. The average molecular weight is 501 g/mol. The second-order valence-electron chi connectivity index (χ2n) is 5.09. The Balaban J connectivity index is 1.95. The summed E-state index contributed by atoms with van der Waals surface area (Å²) in [6, 6.07) is 6.49. The highest BCUT2D eigenvalue weighted by atomic mass is 35.5. The van der Waals surface area contributed by atoms with Gasteiger partial charge in [0.05, 0.1) is 49.8 Å². The summed E-state index contributed by atoms with van der Waals surface area (Å²) in [7, 11) is 1.30. The van der Waals surface area contributed by atoms with E-state index >= 15 is 0 Å². The summed E-state index contributed by atoms with van der Waals surface area (Å²) in [6.07, 6.45) is 1.43. The molecule has 11 heteroatoms. The highest BCUT2D eigenvalue weighted by Gasteiger charge is 2.20. The van der Waals surface area contributed by atoms with Gasteiger partial charge in [-0.2, -0.15) is 5.10 Å². The zero-order valence-corrected chi connectivity index (χ0v) is 18.7. The van der Waals surface area contributed by atoms with Crippen molar-refractivity contribution in [3.8, 4) is 0 Å². The first-order valence-electron chi connectivity index (χ1n) is 7.40. The first-order chi connectivity index (χ1) is 13.3. The van der Waals surface area contributed by atoms with E-state index in [1.807, 2.05) is 0 Å². The predicted octanol–water partition coefficient (Wildman–Crippen LogP) is 5.98. The first-order valence-corrected chi connectivity index (χ1v) is 10.3. The van der Waals surface area contributed by atoms with Crippen LogP contribution in [0, 0.1) is 0 Å². The Hall–Kier alpha value is -1.15. The van der Waals surface area contributed by atoms with E-state index in [9.17, 15) is 9.59 Å². The number of ether oxygens (including phenoxy) is 1. The zero-order chi connectivity index (χ0) is 20.8. The van der Waals surface area contributed by atoms with Crippen LogP contribution in [-0.4, -0.2) is 31.0 Å². The van der Waals surface area contributed by atoms with Crippen LogP contribution in [0.5, 0.6) is 0 Å². The third-order valence-electron chi connectivity index (χ3n) is 3.25. The Morgan fingerprint density at radius 1 is 1.00 bits per heavy atom.